The topological polar surface area (TPSA) is 23.8 Å². The first-order valence-electron chi connectivity index (χ1n) is 7.18. The fraction of sp³-hybridized carbons (Fsp3) is 0.812. The van der Waals surface area contributed by atoms with Gasteiger partial charge in [-0.3, -0.25) is 0 Å². The van der Waals surface area contributed by atoms with Crippen molar-refractivity contribution in [2.45, 2.75) is 58.3 Å². The normalized spacial score (nSPS) is 37.6. The molecule has 0 amide bonds. The van der Waals surface area contributed by atoms with Crippen LogP contribution in [0.3, 0.4) is 0 Å². The largest absolute Gasteiger partial charge is 0.198 e. The summed E-state index contributed by atoms with van der Waals surface area (Å²) in [7, 11) is 0. The van der Waals surface area contributed by atoms with Crippen LogP contribution in [0.1, 0.15) is 58.3 Å². The van der Waals surface area contributed by atoms with Gasteiger partial charge in [0.15, 0.2) is 0 Å². The minimum Gasteiger partial charge on any atom is -0.198 e. The summed E-state index contributed by atoms with van der Waals surface area (Å²) in [5.74, 6) is 9.48. The summed E-state index contributed by atoms with van der Waals surface area (Å²) in [6, 6.07) is 2.39. The molecule has 0 aromatic rings. The standard InChI is InChI=1S/C16H23N/c1-13-2-4-14(5-3-13)6-7-15-8-10-16(12-17)11-9-15/h13-16H,2-5,8-11H2,1H3. The number of hydrogen-bond donors (Lipinski definition) is 0. The molecule has 0 N–H and O–H groups in total. The van der Waals surface area contributed by atoms with E-state index in [4.69, 9.17) is 5.26 Å². The molecule has 0 aromatic carbocycles. The predicted molar refractivity (Wildman–Crippen MR) is 70.0 cm³/mol. The van der Waals surface area contributed by atoms with Crippen LogP contribution in [0, 0.1) is 46.8 Å². The van der Waals surface area contributed by atoms with Crippen LogP contribution in [0.5, 0.6) is 0 Å². The highest BCUT2D eigenvalue weighted by molar-refractivity contribution is 5.09. The van der Waals surface area contributed by atoms with Gasteiger partial charge in [0.1, 0.15) is 0 Å². The maximum atomic E-state index is 8.85. The van der Waals surface area contributed by atoms with E-state index in [0.717, 1.165) is 31.6 Å². The van der Waals surface area contributed by atoms with Crippen LogP contribution in [-0.2, 0) is 0 Å². The third-order valence-corrected chi connectivity index (χ3v) is 4.42. The maximum Gasteiger partial charge on any atom is 0.0655 e. The highest BCUT2D eigenvalue weighted by Crippen LogP contribution is 2.30. The Morgan fingerprint density at radius 3 is 1.59 bits per heavy atom. The Morgan fingerprint density at radius 2 is 1.12 bits per heavy atom. The number of nitrogens with zero attached hydrogens (tertiary/aromatic N) is 1. The van der Waals surface area contributed by atoms with Gasteiger partial charge in [-0.25, -0.2) is 0 Å². The molecule has 0 saturated heterocycles. The van der Waals surface area contributed by atoms with Gasteiger partial charge in [-0.1, -0.05) is 18.8 Å². The van der Waals surface area contributed by atoms with E-state index in [9.17, 15) is 0 Å². The van der Waals surface area contributed by atoms with Crippen molar-refractivity contribution in [3.8, 4) is 17.9 Å². The summed E-state index contributed by atoms with van der Waals surface area (Å²) in [5.41, 5.74) is 0. The molecule has 2 saturated carbocycles. The number of hydrogen-bond acceptors (Lipinski definition) is 1. The van der Waals surface area contributed by atoms with Crippen LogP contribution in [-0.4, -0.2) is 0 Å². The second kappa shape index (κ2) is 6.11. The van der Waals surface area contributed by atoms with Gasteiger partial charge in [-0.05, 0) is 57.3 Å². The van der Waals surface area contributed by atoms with E-state index < -0.39 is 0 Å². The van der Waals surface area contributed by atoms with Crippen molar-refractivity contribution in [1.29, 1.82) is 5.26 Å². The Hall–Kier alpha value is -0.950. The van der Waals surface area contributed by atoms with Crippen LogP contribution in [0.4, 0.5) is 0 Å². The molecule has 0 spiro atoms. The van der Waals surface area contributed by atoms with Crippen molar-refractivity contribution in [3.63, 3.8) is 0 Å². The first-order valence-corrected chi connectivity index (χ1v) is 7.18. The quantitative estimate of drug-likeness (QED) is 0.572. The third-order valence-electron chi connectivity index (χ3n) is 4.42. The highest BCUT2D eigenvalue weighted by Gasteiger charge is 2.20. The fourth-order valence-electron chi connectivity index (χ4n) is 3.01. The number of rotatable bonds is 0. The van der Waals surface area contributed by atoms with Crippen LogP contribution in [0.2, 0.25) is 0 Å². The average molecular weight is 229 g/mol. The van der Waals surface area contributed by atoms with Crippen molar-refractivity contribution < 1.29 is 0 Å². The van der Waals surface area contributed by atoms with Gasteiger partial charge in [-0.2, -0.15) is 5.26 Å². The van der Waals surface area contributed by atoms with Crippen molar-refractivity contribution in [2.24, 2.45) is 23.7 Å². The lowest BCUT2D eigenvalue weighted by molar-refractivity contribution is 0.336. The lowest BCUT2D eigenvalue weighted by Crippen LogP contribution is -2.13. The second-order valence-corrected chi connectivity index (χ2v) is 5.92. The van der Waals surface area contributed by atoms with Gasteiger partial charge in [0, 0.05) is 17.8 Å². The third kappa shape index (κ3) is 3.78. The molecule has 2 aliphatic rings. The molecule has 0 aromatic heterocycles. The Balaban J connectivity index is 1.76. The zero-order chi connectivity index (χ0) is 12.1. The molecule has 0 atom stereocenters. The van der Waals surface area contributed by atoms with E-state index in [1.807, 2.05) is 0 Å². The van der Waals surface area contributed by atoms with Gasteiger partial charge in [0.25, 0.3) is 0 Å². The van der Waals surface area contributed by atoms with Crippen LogP contribution in [0.25, 0.3) is 0 Å². The van der Waals surface area contributed by atoms with Gasteiger partial charge in [0.2, 0.25) is 0 Å². The zero-order valence-electron chi connectivity index (χ0n) is 10.9. The van der Waals surface area contributed by atoms with E-state index >= 15 is 0 Å². The summed E-state index contributed by atoms with van der Waals surface area (Å²) in [4.78, 5) is 0. The van der Waals surface area contributed by atoms with Crippen molar-refractivity contribution in [1.82, 2.24) is 0 Å². The van der Waals surface area contributed by atoms with E-state index in [0.29, 0.717) is 17.8 Å². The molecule has 0 radical (unpaired) electrons. The van der Waals surface area contributed by atoms with Crippen molar-refractivity contribution >= 4 is 0 Å². The van der Waals surface area contributed by atoms with Crippen molar-refractivity contribution in [2.75, 3.05) is 0 Å². The summed E-state index contributed by atoms with van der Waals surface area (Å²) < 4.78 is 0. The minimum absolute atomic E-state index is 0.309. The molecule has 2 aliphatic carbocycles. The van der Waals surface area contributed by atoms with E-state index in [-0.39, 0.29) is 0 Å². The molecule has 0 unspecified atom stereocenters. The van der Waals surface area contributed by atoms with Gasteiger partial charge in [0.05, 0.1) is 6.07 Å². The SMILES string of the molecule is CC1CCC(C#CC2CCC(C#N)CC2)CC1. The molecule has 0 heterocycles. The molecular formula is C16H23N. The molecular weight excluding hydrogens is 206 g/mol. The highest BCUT2D eigenvalue weighted by atomic mass is 14.3. The van der Waals surface area contributed by atoms with Gasteiger partial charge < -0.3 is 0 Å². The van der Waals surface area contributed by atoms with Gasteiger partial charge >= 0.3 is 0 Å². The van der Waals surface area contributed by atoms with Crippen LogP contribution < -0.4 is 0 Å². The Kier molecular flexibility index (Phi) is 4.49. The molecule has 1 heteroatoms. The van der Waals surface area contributed by atoms with E-state index in [1.54, 1.807) is 0 Å². The summed E-state index contributed by atoms with van der Waals surface area (Å²) >= 11 is 0. The predicted octanol–water partition coefficient (Wildman–Crippen LogP) is 4.15. The molecule has 17 heavy (non-hydrogen) atoms. The minimum atomic E-state index is 0.309. The van der Waals surface area contributed by atoms with Crippen LogP contribution >= 0.6 is 0 Å². The number of nitriles is 1. The first kappa shape index (κ1) is 12.5. The fourth-order valence-corrected chi connectivity index (χ4v) is 3.01. The maximum absolute atomic E-state index is 8.85. The first-order chi connectivity index (χ1) is 8.28. The molecule has 92 valence electrons. The van der Waals surface area contributed by atoms with Gasteiger partial charge in [-0.15, -0.1) is 0 Å². The summed E-state index contributed by atoms with van der Waals surface area (Å²) in [6.07, 6.45) is 9.77. The second-order valence-electron chi connectivity index (χ2n) is 5.92. The Labute approximate surface area is 106 Å². The lowest BCUT2D eigenvalue weighted by Gasteiger charge is -2.23. The van der Waals surface area contributed by atoms with Crippen molar-refractivity contribution in [3.05, 3.63) is 0 Å². The van der Waals surface area contributed by atoms with E-state index in [2.05, 4.69) is 24.8 Å². The zero-order valence-corrected chi connectivity index (χ0v) is 10.9. The molecule has 2 rings (SSSR count). The molecule has 0 bridgehead atoms. The Morgan fingerprint density at radius 1 is 0.706 bits per heavy atom. The monoisotopic (exact) mass is 229 g/mol. The molecule has 0 aliphatic heterocycles. The Bertz CT molecular complexity index is 325. The van der Waals surface area contributed by atoms with E-state index in [1.165, 1.54) is 25.7 Å². The smallest absolute Gasteiger partial charge is 0.0655 e. The lowest BCUT2D eigenvalue weighted by atomic mass is 9.81. The van der Waals surface area contributed by atoms with Crippen LogP contribution in [0.15, 0.2) is 0 Å². The average Bonchev–Trinajstić information content (AvgIpc) is 2.39. The molecule has 1 nitrogen and oxygen atoms in total. The summed E-state index contributed by atoms with van der Waals surface area (Å²) in [6.45, 7) is 2.35. The summed E-state index contributed by atoms with van der Waals surface area (Å²) in [5, 5.41) is 8.85. The molecule has 2 fully saturated rings.